The number of anilines is 1. The first-order chi connectivity index (χ1) is 12.7. The molecule has 1 aliphatic heterocycles. The monoisotopic (exact) mass is 365 g/mol. The molecular formula is C21H23N3O3. The topological polar surface area (TPSA) is 78.5 Å². The normalized spacial score (nSPS) is 14.3. The van der Waals surface area contributed by atoms with Gasteiger partial charge in [0.15, 0.2) is 0 Å². The van der Waals surface area contributed by atoms with Crippen LogP contribution in [0.1, 0.15) is 42.3 Å². The van der Waals surface area contributed by atoms with E-state index in [2.05, 4.69) is 31.4 Å². The lowest BCUT2D eigenvalue weighted by molar-refractivity contribution is -0.125. The molecule has 2 aromatic rings. The third-order valence-electron chi connectivity index (χ3n) is 4.50. The standard InChI is InChI=1S/C21H23N3O3/c1-21(2,3)16-8-10-17(11-9-16)23-19(26)15-6-4-14(5-7-15)13-24-18(25)12-22-20(24)27/h4-11H,12-13H2,1-3H3,(H,22,27)(H,23,26). The molecule has 0 spiro atoms. The van der Waals surface area contributed by atoms with Crippen LogP contribution in [0.15, 0.2) is 48.5 Å². The van der Waals surface area contributed by atoms with Crippen LogP contribution in [0.3, 0.4) is 0 Å². The molecule has 27 heavy (non-hydrogen) atoms. The van der Waals surface area contributed by atoms with Gasteiger partial charge in [0.2, 0.25) is 5.91 Å². The Morgan fingerprint density at radius 1 is 1.04 bits per heavy atom. The molecule has 3 rings (SSSR count). The van der Waals surface area contributed by atoms with Crippen LogP contribution >= 0.6 is 0 Å². The first-order valence-corrected chi connectivity index (χ1v) is 8.83. The van der Waals surface area contributed by atoms with Gasteiger partial charge in [0, 0.05) is 11.3 Å². The van der Waals surface area contributed by atoms with Crippen molar-refractivity contribution in [1.29, 1.82) is 0 Å². The number of imide groups is 1. The largest absolute Gasteiger partial charge is 0.329 e. The van der Waals surface area contributed by atoms with E-state index < -0.39 is 0 Å². The highest BCUT2D eigenvalue weighted by Gasteiger charge is 2.28. The van der Waals surface area contributed by atoms with Crippen LogP contribution in [0.5, 0.6) is 0 Å². The molecular weight excluding hydrogens is 342 g/mol. The average molecular weight is 365 g/mol. The van der Waals surface area contributed by atoms with Gasteiger partial charge >= 0.3 is 6.03 Å². The number of nitrogens with zero attached hydrogens (tertiary/aromatic N) is 1. The summed E-state index contributed by atoms with van der Waals surface area (Å²) < 4.78 is 0. The maximum Gasteiger partial charge on any atom is 0.324 e. The van der Waals surface area contributed by atoms with Crippen molar-refractivity contribution in [3.63, 3.8) is 0 Å². The molecule has 4 amide bonds. The van der Waals surface area contributed by atoms with Crippen molar-refractivity contribution in [3.8, 4) is 0 Å². The molecule has 1 aliphatic rings. The lowest BCUT2D eigenvalue weighted by Crippen LogP contribution is -2.30. The van der Waals surface area contributed by atoms with Gasteiger partial charge in [-0.1, -0.05) is 45.0 Å². The second-order valence-corrected chi connectivity index (χ2v) is 7.62. The van der Waals surface area contributed by atoms with Crippen LogP contribution in [0, 0.1) is 0 Å². The van der Waals surface area contributed by atoms with Crippen LogP contribution in [0.4, 0.5) is 10.5 Å². The Balaban J connectivity index is 1.64. The number of benzene rings is 2. The van der Waals surface area contributed by atoms with E-state index >= 15 is 0 Å². The zero-order valence-electron chi connectivity index (χ0n) is 15.7. The highest BCUT2D eigenvalue weighted by molar-refractivity contribution is 6.04. The van der Waals surface area contributed by atoms with Gasteiger partial charge in [0.1, 0.15) is 0 Å². The Morgan fingerprint density at radius 2 is 1.67 bits per heavy atom. The van der Waals surface area contributed by atoms with Crippen LogP contribution in [0.25, 0.3) is 0 Å². The molecule has 0 aliphatic carbocycles. The van der Waals surface area contributed by atoms with Crippen molar-refractivity contribution in [2.75, 3.05) is 11.9 Å². The minimum absolute atomic E-state index is 0.0350. The van der Waals surface area contributed by atoms with E-state index in [9.17, 15) is 14.4 Å². The second kappa shape index (κ2) is 7.23. The van der Waals surface area contributed by atoms with Gasteiger partial charge in [0.05, 0.1) is 13.1 Å². The van der Waals surface area contributed by atoms with Gasteiger partial charge in [-0.15, -0.1) is 0 Å². The molecule has 0 saturated carbocycles. The molecule has 140 valence electrons. The fourth-order valence-electron chi connectivity index (χ4n) is 2.82. The number of carbonyl (C=O) groups excluding carboxylic acids is 3. The molecule has 2 aromatic carbocycles. The Kier molecular flexibility index (Phi) is 4.99. The zero-order valence-corrected chi connectivity index (χ0v) is 15.7. The Hall–Kier alpha value is -3.15. The third-order valence-corrected chi connectivity index (χ3v) is 4.50. The quantitative estimate of drug-likeness (QED) is 0.816. The molecule has 1 fully saturated rings. The lowest BCUT2D eigenvalue weighted by atomic mass is 9.87. The Bertz CT molecular complexity index is 849. The van der Waals surface area contributed by atoms with Crippen molar-refractivity contribution in [1.82, 2.24) is 10.2 Å². The van der Waals surface area contributed by atoms with Gasteiger partial charge in [-0.05, 0) is 40.8 Å². The van der Waals surface area contributed by atoms with Crippen molar-refractivity contribution < 1.29 is 14.4 Å². The summed E-state index contributed by atoms with van der Waals surface area (Å²) in [4.78, 5) is 36.8. The molecule has 1 saturated heterocycles. The van der Waals surface area contributed by atoms with Crippen molar-refractivity contribution in [2.45, 2.75) is 32.7 Å². The summed E-state index contributed by atoms with van der Waals surface area (Å²) in [5.74, 6) is -0.458. The van der Waals surface area contributed by atoms with Gasteiger partial charge < -0.3 is 10.6 Å². The minimum atomic E-state index is -0.388. The molecule has 0 atom stereocenters. The fraction of sp³-hybridized carbons (Fsp3) is 0.286. The molecule has 1 heterocycles. The minimum Gasteiger partial charge on any atom is -0.329 e. The smallest absolute Gasteiger partial charge is 0.324 e. The lowest BCUT2D eigenvalue weighted by Gasteiger charge is -2.19. The predicted molar refractivity (Wildman–Crippen MR) is 103 cm³/mol. The summed E-state index contributed by atoms with van der Waals surface area (Å²) in [6.07, 6.45) is 0. The summed E-state index contributed by atoms with van der Waals surface area (Å²) in [5.41, 5.74) is 3.29. The Morgan fingerprint density at radius 3 is 2.19 bits per heavy atom. The first kappa shape index (κ1) is 18.6. The molecule has 0 unspecified atom stereocenters. The molecule has 6 heteroatoms. The van der Waals surface area contributed by atoms with Gasteiger partial charge in [-0.2, -0.15) is 0 Å². The molecule has 0 radical (unpaired) electrons. The van der Waals surface area contributed by atoms with E-state index in [1.807, 2.05) is 24.3 Å². The van der Waals surface area contributed by atoms with Crippen molar-refractivity contribution in [2.24, 2.45) is 0 Å². The number of rotatable bonds is 4. The molecule has 6 nitrogen and oxygen atoms in total. The summed E-state index contributed by atoms with van der Waals surface area (Å²) in [6, 6.07) is 14.3. The maximum absolute atomic E-state index is 12.4. The van der Waals surface area contributed by atoms with Crippen molar-refractivity contribution >= 4 is 23.5 Å². The number of urea groups is 1. The summed E-state index contributed by atoms with van der Waals surface area (Å²) in [6.45, 7) is 6.65. The number of hydrogen-bond acceptors (Lipinski definition) is 3. The van der Waals surface area contributed by atoms with E-state index in [-0.39, 0.29) is 36.3 Å². The van der Waals surface area contributed by atoms with E-state index in [0.29, 0.717) is 5.56 Å². The summed E-state index contributed by atoms with van der Waals surface area (Å²) in [5, 5.41) is 5.36. The number of amides is 4. The second-order valence-electron chi connectivity index (χ2n) is 7.62. The van der Waals surface area contributed by atoms with Gasteiger partial charge in [-0.25, -0.2) is 4.79 Å². The molecule has 0 aromatic heterocycles. The zero-order chi connectivity index (χ0) is 19.6. The van der Waals surface area contributed by atoms with Crippen LogP contribution < -0.4 is 10.6 Å². The Labute approximate surface area is 158 Å². The molecule has 0 bridgehead atoms. The number of hydrogen-bond donors (Lipinski definition) is 2. The number of carbonyl (C=O) groups is 3. The van der Waals surface area contributed by atoms with E-state index in [1.165, 1.54) is 5.56 Å². The van der Waals surface area contributed by atoms with Crippen LogP contribution in [-0.2, 0) is 16.8 Å². The highest BCUT2D eigenvalue weighted by Crippen LogP contribution is 2.23. The fourth-order valence-corrected chi connectivity index (χ4v) is 2.82. The van der Waals surface area contributed by atoms with Gasteiger partial charge in [0.25, 0.3) is 5.91 Å². The SMILES string of the molecule is CC(C)(C)c1ccc(NC(=O)c2ccc(CN3C(=O)CNC3=O)cc2)cc1. The van der Waals surface area contributed by atoms with E-state index in [4.69, 9.17) is 0 Å². The van der Waals surface area contributed by atoms with Gasteiger partial charge in [-0.3, -0.25) is 14.5 Å². The first-order valence-electron chi connectivity index (χ1n) is 8.83. The van der Waals surface area contributed by atoms with Crippen LogP contribution in [0.2, 0.25) is 0 Å². The summed E-state index contributed by atoms with van der Waals surface area (Å²) in [7, 11) is 0. The third kappa shape index (κ3) is 4.34. The highest BCUT2D eigenvalue weighted by atomic mass is 16.2. The predicted octanol–water partition coefficient (Wildman–Crippen LogP) is 3.29. The van der Waals surface area contributed by atoms with E-state index in [1.54, 1.807) is 24.3 Å². The van der Waals surface area contributed by atoms with E-state index in [0.717, 1.165) is 16.2 Å². The molecule has 2 N–H and O–H groups in total. The average Bonchev–Trinajstić information content (AvgIpc) is 2.94. The maximum atomic E-state index is 12.4. The van der Waals surface area contributed by atoms with Crippen molar-refractivity contribution in [3.05, 3.63) is 65.2 Å². The number of nitrogens with one attached hydrogen (secondary N) is 2. The summed E-state index contributed by atoms with van der Waals surface area (Å²) >= 11 is 0. The van der Waals surface area contributed by atoms with Crippen LogP contribution in [-0.4, -0.2) is 29.3 Å².